The molecule has 3 rings (SSSR count). The zero-order valence-electron chi connectivity index (χ0n) is 17.5. The number of rotatable bonds is 7. The van der Waals surface area contributed by atoms with Gasteiger partial charge in [0.1, 0.15) is 10.8 Å². The number of aryl methyl sites for hydroxylation is 1. The number of carbonyl (C=O) groups is 2. The summed E-state index contributed by atoms with van der Waals surface area (Å²) >= 11 is 1.36. The number of nitrogens with one attached hydrogen (secondary N) is 1. The second-order valence-corrected chi connectivity index (χ2v) is 8.07. The molecule has 1 N–H and O–H groups in total. The molecule has 3 aromatic rings. The van der Waals surface area contributed by atoms with E-state index >= 15 is 0 Å². The van der Waals surface area contributed by atoms with E-state index in [0.29, 0.717) is 16.3 Å². The molecule has 1 unspecified atom stereocenters. The lowest BCUT2D eigenvalue weighted by Crippen LogP contribution is -2.30. The van der Waals surface area contributed by atoms with Crippen LogP contribution in [0.15, 0.2) is 54.6 Å². The molecule has 0 aliphatic heterocycles. The minimum absolute atomic E-state index is 0.277. The maximum absolute atomic E-state index is 12.7. The molecule has 0 saturated carbocycles. The van der Waals surface area contributed by atoms with E-state index in [0.717, 1.165) is 21.6 Å². The van der Waals surface area contributed by atoms with Crippen LogP contribution < -0.4 is 10.1 Å². The van der Waals surface area contributed by atoms with Gasteiger partial charge >= 0.3 is 5.97 Å². The van der Waals surface area contributed by atoms with Crippen LogP contribution in [0.5, 0.6) is 5.75 Å². The fourth-order valence-electron chi connectivity index (χ4n) is 2.99. The van der Waals surface area contributed by atoms with Crippen molar-refractivity contribution >= 4 is 28.2 Å². The minimum Gasteiger partial charge on any atom is -0.481 e. The molecule has 1 amide bonds. The number of ether oxygens (including phenoxy) is 2. The maximum atomic E-state index is 12.7. The first-order valence-corrected chi connectivity index (χ1v) is 10.6. The summed E-state index contributed by atoms with van der Waals surface area (Å²) < 4.78 is 10.9. The van der Waals surface area contributed by atoms with Crippen molar-refractivity contribution < 1.29 is 19.1 Å². The van der Waals surface area contributed by atoms with Crippen molar-refractivity contribution in [1.29, 1.82) is 0 Å². The van der Waals surface area contributed by atoms with Gasteiger partial charge in [-0.2, -0.15) is 0 Å². The van der Waals surface area contributed by atoms with E-state index in [1.807, 2.05) is 68.4 Å². The molecule has 0 spiro atoms. The van der Waals surface area contributed by atoms with E-state index in [1.54, 1.807) is 13.8 Å². The van der Waals surface area contributed by atoms with Crippen molar-refractivity contribution in [2.75, 3.05) is 11.9 Å². The van der Waals surface area contributed by atoms with Gasteiger partial charge in [-0.25, -0.2) is 4.79 Å². The van der Waals surface area contributed by atoms with Gasteiger partial charge in [0.05, 0.1) is 12.2 Å². The Morgan fingerprint density at radius 1 is 1.00 bits per heavy atom. The molecule has 1 heterocycles. The molecule has 2 aromatic carbocycles. The number of esters is 1. The van der Waals surface area contributed by atoms with Crippen molar-refractivity contribution in [2.45, 2.75) is 33.8 Å². The Morgan fingerprint density at radius 3 is 2.27 bits per heavy atom. The fraction of sp³-hybridized carbons (Fsp3) is 0.250. The van der Waals surface area contributed by atoms with Crippen LogP contribution >= 0.6 is 11.3 Å². The second-order valence-electron chi connectivity index (χ2n) is 6.85. The lowest BCUT2D eigenvalue weighted by atomic mass is 10.1. The van der Waals surface area contributed by atoms with Crippen molar-refractivity contribution in [3.63, 3.8) is 0 Å². The van der Waals surface area contributed by atoms with E-state index < -0.39 is 12.1 Å². The number of anilines is 1. The quantitative estimate of drug-likeness (QED) is 0.501. The normalized spacial score (nSPS) is 11.6. The Hall–Kier alpha value is -3.12. The number of hydrogen-bond acceptors (Lipinski definition) is 5. The van der Waals surface area contributed by atoms with Crippen LogP contribution in [0.2, 0.25) is 0 Å². The predicted octanol–water partition coefficient (Wildman–Crippen LogP) is 5.61. The van der Waals surface area contributed by atoms with Crippen molar-refractivity contribution in [2.24, 2.45) is 0 Å². The molecule has 0 saturated heterocycles. The fourth-order valence-corrected chi connectivity index (χ4v) is 4.04. The summed E-state index contributed by atoms with van der Waals surface area (Å²) in [5.74, 6) is -0.157. The summed E-state index contributed by atoms with van der Waals surface area (Å²) in [6.45, 7) is 7.47. The molecule has 0 bridgehead atoms. The van der Waals surface area contributed by atoms with Gasteiger partial charge in [0.15, 0.2) is 6.10 Å². The largest absolute Gasteiger partial charge is 0.481 e. The molecule has 156 valence electrons. The lowest BCUT2D eigenvalue weighted by Gasteiger charge is -2.15. The standard InChI is InChI=1S/C24H25NO4S/c1-5-28-24(27)21-15(2)17(4)30-23(21)25-22(26)16(3)29-20-13-11-19(12-14-20)18-9-7-6-8-10-18/h6-14,16H,5H2,1-4H3,(H,25,26). The molecule has 5 nitrogen and oxygen atoms in total. The summed E-state index contributed by atoms with van der Waals surface area (Å²) in [5, 5.41) is 3.31. The molecule has 30 heavy (non-hydrogen) atoms. The Labute approximate surface area is 180 Å². The number of amides is 1. The van der Waals surface area contributed by atoms with Crippen LogP contribution in [0.4, 0.5) is 5.00 Å². The number of benzene rings is 2. The highest BCUT2D eigenvalue weighted by Gasteiger charge is 2.24. The molecule has 1 aromatic heterocycles. The van der Waals surface area contributed by atoms with Crippen molar-refractivity contribution in [1.82, 2.24) is 0 Å². The third kappa shape index (κ3) is 4.89. The first-order chi connectivity index (χ1) is 14.4. The second kappa shape index (κ2) is 9.59. The van der Waals surface area contributed by atoms with Gasteiger partial charge in [0.25, 0.3) is 5.91 Å². The summed E-state index contributed by atoms with van der Waals surface area (Å²) in [4.78, 5) is 25.9. The number of thiophene rings is 1. The predicted molar refractivity (Wildman–Crippen MR) is 120 cm³/mol. The molecular formula is C24H25NO4S. The Kier molecular flexibility index (Phi) is 6.90. The Bertz CT molecular complexity index is 1030. The highest BCUT2D eigenvalue weighted by Crippen LogP contribution is 2.33. The SMILES string of the molecule is CCOC(=O)c1c(NC(=O)C(C)Oc2ccc(-c3ccccc3)cc2)sc(C)c1C. The average molecular weight is 424 g/mol. The van der Waals surface area contributed by atoms with Crippen LogP contribution in [-0.2, 0) is 9.53 Å². The molecule has 1 atom stereocenters. The Morgan fingerprint density at radius 2 is 1.63 bits per heavy atom. The van der Waals surface area contributed by atoms with Crippen LogP contribution in [0, 0.1) is 13.8 Å². The van der Waals surface area contributed by atoms with Crippen molar-refractivity contribution in [3.8, 4) is 16.9 Å². The molecule has 0 fully saturated rings. The monoisotopic (exact) mass is 423 g/mol. The topological polar surface area (TPSA) is 64.6 Å². The molecule has 0 aliphatic rings. The van der Waals surface area contributed by atoms with Crippen LogP contribution in [-0.4, -0.2) is 24.6 Å². The van der Waals surface area contributed by atoms with E-state index in [-0.39, 0.29) is 12.5 Å². The van der Waals surface area contributed by atoms with Gasteiger partial charge in [-0.05, 0) is 56.5 Å². The van der Waals surface area contributed by atoms with E-state index in [2.05, 4.69) is 5.32 Å². The van der Waals surface area contributed by atoms with Gasteiger partial charge < -0.3 is 14.8 Å². The van der Waals surface area contributed by atoms with E-state index in [4.69, 9.17) is 9.47 Å². The maximum Gasteiger partial charge on any atom is 0.341 e. The molecular weight excluding hydrogens is 398 g/mol. The van der Waals surface area contributed by atoms with E-state index in [9.17, 15) is 9.59 Å². The van der Waals surface area contributed by atoms with Crippen molar-refractivity contribution in [3.05, 3.63) is 70.6 Å². The lowest BCUT2D eigenvalue weighted by molar-refractivity contribution is -0.122. The van der Waals surface area contributed by atoms with Gasteiger partial charge in [0, 0.05) is 4.88 Å². The van der Waals surface area contributed by atoms with Crippen LogP contribution in [0.1, 0.15) is 34.6 Å². The number of carbonyl (C=O) groups excluding carboxylic acids is 2. The number of hydrogen-bond donors (Lipinski definition) is 1. The van der Waals surface area contributed by atoms with Gasteiger partial charge in [0.2, 0.25) is 0 Å². The summed E-state index contributed by atoms with van der Waals surface area (Å²) in [7, 11) is 0. The summed E-state index contributed by atoms with van der Waals surface area (Å²) in [6.07, 6.45) is -0.731. The highest BCUT2D eigenvalue weighted by atomic mass is 32.1. The first-order valence-electron chi connectivity index (χ1n) is 9.80. The molecule has 6 heteroatoms. The van der Waals surface area contributed by atoms with Crippen LogP contribution in [0.25, 0.3) is 11.1 Å². The van der Waals surface area contributed by atoms with E-state index in [1.165, 1.54) is 11.3 Å². The zero-order chi connectivity index (χ0) is 21.7. The Balaban J connectivity index is 1.68. The first kappa shape index (κ1) is 21.6. The van der Waals surface area contributed by atoms with Crippen LogP contribution in [0.3, 0.4) is 0 Å². The molecule has 0 radical (unpaired) electrons. The third-order valence-corrected chi connectivity index (χ3v) is 5.87. The summed E-state index contributed by atoms with van der Waals surface area (Å²) in [5.41, 5.74) is 3.42. The zero-order valence-corrected chi connectivity index (χ0v) is 18.3. The average Bonchev–Trinajstić information content (AvgIpc) is 3.02. The van der Waals surface area contributed by atoms with Gasteiger partial charge in [-0.15, -0.1) is 11.3 Å². The van der Waals surface area contributed by atoms with Gasteiger partial charge in [-0.1, -0.05) is 42.5 Å². The smallest absolute Gasteiger partial charge is 0.341 e. The van der Waals surface area contributed by atoms with Gasteiger partial charge in [-0.3, -0.25) is 4.79 Å². The third-order valence-electron chi connectivity index (χ3n) is 4.75. The minimum atomic E-state index is -0.731. The highest BCUT2D eigenvalue weighted by molar-refractivity contribution is 7.16. The molecule has 0 aliphatic carbocycles. The summed E-state index contributed by atoms with van der Waals surface area (Å²) in [6, 6.07) is 17.6.